The van der Waals surface area contributed by atoms with Crippen LogP contribution in [-0.2, 0) is 19.1 Å². The first kappa shape index (κ1) is 18.9. The van der Waals surface area contributed by atoms with Gasteiger partial charge in [0, 0.05) is 31.7 Å². The number of amides is 1. The second-order valence-electron chi connectivity index (χ2n) is 5.65. The van der Waals surface area contributed by atoms with Crippen LogP contribution in [0.25, 0.3) is 0 Å². The third kappa shape index (κ3) is 8.15. The van der Waals surface area contributed by atoms with Crippen molar-refractivity contribution in [2.24, 2.45) is 5.41 Å². The SMILES string of the molecule is CCOCCCN(CCC(=O)OCC)C(=O)C(C)(C)C. The summed E-state index contributed by atoms with van der Waals surface area (Å²) in [7, 11) is 0. The summed E-state index contributed by atoms with van der Waals surface area (Å²) in [5, 5.41) is 0. The summed E-state index contributed by atoms with van der Waals surface area (Å²) >= 11 is 0. The van der Waals surface area contributed by atoms with Gasteiger partial charge in [0.1, 0.15) is 0 Å². The molecule has 0 unspecified atom stereocenters. The van der Waals surface area contributed by atoms with Crippen molar-refractivity contribution in [2.75, 3.05) is 32.9 Å². The molecule has 0 atom stereocenters. The average molecular weight is 287 g/mol. The molecule has 0 fully saturated rings. The minimum atomic E-state index is -0.444. The van der Waals surface area contributed by atoms with E-state index in [0.717, 1.165) is 6.42 Å². The van der Waals surface area contributed by atoms with Gasteiger partial charge >= 0.3 is 5.97 Å². The van der Waals surface area contributed by atoms with Gasteiger partial charge in [-0.1, -0.05) is 20.8 Å². The van der Waals surface area contributed by atoms with Gasteiger partial charge in [0.15, 0.2) is 0 Å². The molecule has 0 radical (unpaired) electrons. The fraction of sp³-hybridized carbons (Fsp3) is 0.867. The van der Waals surface area contributed by atoms with Gasteiger partial charge in [0.25, 0.3) is 0 Å². The summed E-state index contributed by atoms with van der Waals surface area (Å²) in [5.41, 5.74) is -0.444. The van der Waals surface area contributed by atoms with Gasteiger partial charge in [-0.05, 0) is 20.3 Å². The number of hydrogen-bond donors (Lipinski definition) is 0. The van der Waals surface area contributed by atoms with Gasteiger partial charge in [0.2, 0.25) is 5.91 Å². The number of carbonyl (C=O) groups is 2. The number of carbonyl (C=O) groups excluding carboxylic acids is 2. The quantitative estimate of drug-likeness (QED) is 0.482. The molecule has 0 N–H and O–H groups in total. The van der Waals surface area contributed by atoms with Crippen molar-refractivity contribution in [3.63, 3.8) is 0 Å². The molecule has 1 amide bonds. The summed E-state index contributed by atoms with van der Waals surface area (Å²) < 4.78 is 10.2. The van der Waals surface area contributed by atoms with Crippen LogP contribution in [-0.4, -0.2) is 49.7 Å². The Labute approximate surface area is 122 Å². The van der Waals surface area contributed by atoms with Crippen molar-refractivity contribution < 1.29 is 19.1 Å². The zero-order valence-electron chi connectivity index (χ0n) is 13.5. The Kier molecular flexibility index (Phi) is 9.21. The van der Waals surface area contributed by atoms with E-state index in [9.17, 15) is 9.59 Å². The molecule has 0 saturated carbocycles. The van der Waals surface area contributed by atoms with Crippen LogP contribution in [0, 0.1) is 5.41 Å². The Hall–Kier alpha value is -1.10. The summed E-state index contributed by atoms with van der Waals surface area (Å²) in [5.74, 6) is -0.206. The summed E-state index contributed by atoms with van der Waals surface area (Å²) in [6, 6.07) is 0. The predicted molar refractivity (Wildman–Crippen MR) is 78.4 cm³/mol. The van der Waals surface area contributed by atoms with Crippen LogP contribution in [0.1, 0.15) is 47.5 Å². The highest BCUT2D eigenvalue weighted by molar-refractivity contribution is 5.82. The Morgan fingerprint density at radius 2 is 1.70 bits per heavy atom. The van der Waals surface area contributed by atoms with Gasteiger partial charge in [-0.3, -0.25) is 9.59 Å². The molecule has 0 aliphatic rings. The molecule has 0 spiro atoms. The lowest BCUT2D eigenvalue weighted by Crippen LogP contribution is -2.41. The van der Waals surface area contributed by atoms with E-state index in [1.54, 1.807) is 11.8 Å². The molecule has 0 saturated heterocycles. The molecule has 0 aliphatic carbocycles. The summed E-state index contributed by atoms with van der Waals surface area (Å²) in [6.07, 6.45) is 1.02. The molecule has 0 aromatic carbocycles. The lowest BCUT2D eigenvalue weighted by molar-refractivity contribution is -0.145. The van der Waals surface area contributed by atoms with Crippen molar-refractivity contribution in [3.05, 3.63) is 0 Å². The fourth-order valence-electron chi connectivity index (χ4n) is 1.75. The minimum absolute atomic E-state index is 0.0540. The zero-order chi connectivity index (χ0) is 15.6. The van der Waals surface area contributed by atoms with Gasteiger partial charge in [-0.15, -0.1) is 0 Å². The molecule has 5 heteroatoms. The normalized spacial score (nSPS) is 11.2. The van der Waals surface area contributed by atoms with Crippen LogP contribution >= 0.6 is 0 Å². The lowest BCUT2D eigenvalue weighted by atomic mass is 9.94. The van der Waals surface area contributed by atoms with Crippen LogP contribution in [0.4, 0.5) is 0 Å². The van der Waals surface area contributed by atoms with Crippen molar-refractivity contribution in [1.82, 2.24) is 4.90 Å². The first-order valence-corrected chi connectivity index (χ1v) is 7.35. The van der Waals surface area contributed by atoms with E-state index in [1.807, 2.05) is 27.7 Å². The number of ether oxygens (including phenoxy) is 2. The van der Waals surface area contributed by atoms with Gasteiger partial charge in [-0.2, -0.15) is 0 Å². The second-order valence-corrected chi connectivity index (χ2v) is 5.65. The maximum atomic E-state index is 12.3. The summed E-state index contributed by atoms with van der Waals surface area (Å²) in [4.78, 5) is 25.5. The van der Waals surface area contributed by atoms with Crippen LogP contribution in [0.2, 0.25) is 0 Å². The summed E-state index contributed by atoms with van der Waals surface area (Å²) in [6.45, 7) is 12.1. The van der Waals surface area contributed by atoms with E-state index in [1.165, 1.54) is 0 Å². The Bertz CT molecular complexity index is 297. The van der Waals surface area contributed by atoms with E-state index in [-0.39, 0.29) is 18.3 Å². The molecule has 5 nitrogen and oxygen atoms in total. The molecule has 0 aromatic heterocycles. The topological polar surface area (TPSA) is 55.8 Å². The van der Waals surface area contributed by atoms with Gasteiger partial charge in [0.05, 0.1) is 13.0 Å². The second kappa shape index (κ2) is 9.75. The van der Waals surface area contributed by atoms with Crippen molar-refractivity contribution in [3.8, 4) is 0 Å². The van der Waals surface area contributed by atoms with Crippen LogP contribution in [0.3, 0.4) is 0 Å². The van der Waals surface area contributed by atoms with Crippen LogP contribution in [0.15, 0.2) is 0 Å². The minimum Gasteiger partial charge on any atom is -0.466 e. The predicted octanol–water partition coefficient (Wildman–Crippen LogP) is 2.24. The largest absolute Gasteiger partial charge is 0.466 e. The maximum Gasteiger partial charge on any atom is 0.307 e. The standard InChI is InChI=1S/C15H29NO4/c1-6-19-12-8-10-16(14(18)15(3,4)5)11-9-13(17)20-7-2/h6-12H2,1-5H3. The van der Waals surface area contributed by atoms with Crippen LogP contribution in [0.5, 0.6) is 0 Å². The van der Waals surface area contributed by atoms with Crippen molar-refractivity contribution >= 4 is 11.9 Å². The van der Waals surface area contributed by atoms with E-state index in [4.69, 9.17) is 9.47 Å². The van der Waals surface area contributed by atoms with Crippen LogP contribution < -0.4 is 0 Å². The smallest absolute Gasteiger partial charge is 0.307 e. The first-order valence-electron chi connectivity index (χ1n) is 7.35. The van der Waals surface area contributed by atoms with E-state index >= 15 is 0 Å². The Morgan fingerprint density at radius 3 is 2.20 bits per heavy atom. The zero-order valence-corrected chi connectivity index (χ0v) is 13.5. The van der Waals surface area contributed by atoms with Crippen molar-refractivity contribution in [1.29, 1.82) is 0 Å². The molecule has 118 valence electrons. The Morgan fingerprint density at radius 1 is 1.05 bits per heavy atom. The highest BCUT2D eigenvalue weighted by Gasteiger charge is 2.27. The van der Waals surface area contributed by atoms with Gasteiger partial charge < -0.3 is 14.4 Å². The molecular formula is C15H29NO4. The van der Waals surface area contributed by atoms with E-state index in [2.05, 4.69) is 0 Å². The molecular weight excluding hydrogens is 258 g/mol. The molecule has 0 heterocycles. The molecule has 0 bridgehead atoms. The monoisotopic (exact) mass is 287 g/mol. The molecule has 20 heavy (non-hydrogen) atoms. The fourth-order valence-corrected chi connectivity index (χ4v) is 1.75. The third-order valence-corrected chi connectivity index (χ3v) is 2.74. The number of esters is 1. The number of rotatable bonds is 9. The molecule has 0 rings (SSSR count). The first-order chi connectivity index (χ1) is 9.32. The van der Waals surface area contributed by atoms with E-state index in [0.29, 0.717) is 32.9 Å². The highest BCUT2D eigenvalue weighted by Crippen LogP contribution is 2.18. The average Bonchev–Trinajstić information content (AvgIpc) is 2.36. The molecule has 0 aromatic rings. The maximum absolute atomic E-state index is 12.3. The number of nitrogens with zero attached hydrogens (tertiary/aromatic N) is 1. The Balaban J connectivity index is 4.39. The lowest BCUT2D eigenvalue weighted by Gasteiger charge is -2.29. The third-order valence-electron chi connectivity index (χ3n) is 2.74. The van der Waals surface area contributed by atoms with Gasteiger partial charge in [-0.25, -0.2) is 0 Å². The molecule has 0 aliphatic heterocycles. The van der Waals surface area contributed by atoms with E-state index < -0.39 is 5.41 Å². The van der Waals surface area contributed by atoms with Crippen molar-refractivity contribution in [2.45, 2.75) is 47.5 Å². The highest BCUT2D eigenvalue weighted by atomic mass is 16.5. The number of hydrogen-bond acceptors (Lipinski definition) is 4.